The summed E-state index contributed by atoms with van der Waals surface area (Å²) in [5, 5.41) is 9.71. The molecule has 0 atom stereocenters. The Kier molecular flexibility index (Phi) is 6.69. The van der Waals surface area contributed by atoms with Gasteiger partial charge in [0.05, 0.1) is 0 Å². The van der Waals surface area contributed by atoms with Crippen LogP contribution in [0.4, 0.5) is 0 Å². The van der Waals surface area contributed by atoms with Crippen LogP contribution in [0.2, 0.25) is 0 Å². The fourth-order valence-corrected chi connectivity index (χ4v) is 1.61. The number of benzene rings is 1. The lowest BCUT2D eigenvalue weighted by atomic mass is 10.1. The predicted molar refractivity (Wildman–Crippen MR) is 77.9 cm³/mol. The van der Waals surface area contributed by atoms with Crippen molar-refractivity contribution >= 4 is 18.3 Å². The maximum absolute atomic E-state index is 11.8. The summed E-state index contributed by atoms with van der Waals surface area (Å²) >= 11 is 0. The minimum Gasteiger partial charge on any atom is -0.351 e. The topological polar surface area (TPSA) is 80.0 Å². The van der Waals surface area contributed by atoms with Gasteiger partial charge >= 0.3 is 0 Å². The van der Waals surface area contributed by atoms with Gasteiger partial charge in [-0.15, -0.1) is 12.4 Å². The minimum atomic E-state index is -0.0856. The summed E-state index contributed by atoms with van der Waals surface area (Å²) in [6.45, 7) is 4.30. The van der Waals surface area contributed by atoms with Crippen LogP contribution in [0.3, 0.4) is 0 Å². The van der Waals surface area contributed by atoms with E-state index in [-0.39, 0.29) is 18.3 Å². The normalized spacial score (nSPS) is 9.85. The number of carbonyl (C=O) groups is 1. The quantitative estimate of drug-likeness (QED) is 0.790. The number of likely N-dealkylation sites (N-methyl/N-ethyl adjacent to an activating group) is 1. The molecule has 1 amide bonds. The molecule has 0 spiro atoms. The summed E-state index contributed by atoms with van der Waals surface area (Å²) in [5.41, 5.74) is 1.43. The standard InChI is InChI=1S/C13H16N4O2.ClH/c1-2-14-7-8-15-13(18)11-5-3-10(4-6-11)12-16-9-19-17-12;/h3-6,9,14H,2,7-8H2,1H3,(H,15,18);1H. The van der Waals surface area contributed by atoms with Crippen LogP contribution in [0.1, 0.15) is 17.3 Å². The molecule has 0 fully saturated rings. The Bertz CT molecular complexity index is 514. The first-order chi connectivity index (χ1) is 9.31. The van der Waals surface area contributed by atoms with Crippen molar-refractivity contribution in [2.45, 2.75) is 6.92 Å². The number of carbonyl (C=O) groups excluding carboxylic acids is 1. The number of amides is 1. The van der Waals surface area contributed by atoms with Crippen molar-refractivity contribution in [2.75, 3.05) is 19.6 Å². The van der Waals surface area contributed by atoms with E-state index in [4.69, 9.17) is 0 Å². The van der Waals surface area contributed by atoms with Crippen LogP contribution in [0, 0.1) is 0 Å². The molecule has 0 radical (unpaired) electrons. The van der Waals surface area contributed by atoms with E-state index in [0.717, 1.165) is 18.7 Å². The average Bonchev–Trinajstić information content (AvgIpc) is 2.98. The van der Waals surface area contributed by atoms with Crippen LogP contribution >= 0.6 is 12.4 Å². The first-order valence-electron chi connectivity index (χ1n) is 6.17. The largest absolute Gasteiger partial charge is 0.351 e. The molecule has 0 aliphatic carbocycles. The molecule has 0 unspecified atom stereocenters. The summed E-state index contributed by atoms with van der Waals surface area (Å²) in [7, 11) is 0. The van der Waals surface area contributed by atoms with Gasteiger partial charge in [-0.05, 0) is 18.7 Å². The average molecular weight is 297 g/mol. The van der Waals surface area contributed by atoms with E-state index in [1.165, 1.54) is 6.39 Å². The van der Waals surface area contributed by atoms with Crippen LogP contribution < -0.4 is 10.6 Å². The second-order valence-electron chi connectivity index (χ2n) is 3.94. The molecule has 0 aliphatic rings. The van der Waals surface area contributed by atoms with Gasteiger partial charge in [-0.2, -0.15) is 4.98 Å². The maximum atomic E-state index is 11.8. The lowest BCUT2D eigenvalue weighted by molar-refractivity contribution is 0.0954. The Morgan fingerprint density at radius 3 is 2.60 bits per heavy atom. The number of rotatable bonds is 6. The Labute approximate surface area is 123 Å². The number of hydrogen-bond acceptors (Lipinski definition) is 5. The summed E-state index contributed by atoms with van der Waals surface area (Å²) < 4.78 is 4.68. The van der Waals surface area contributed by atoms with Crippen molar-refractivity contribution < 1.29 is 9.32 Å². The third-order valence-corrected chi connectivity index (χ3v) is 2.60. The molecule has 0 aliphatic heterocycles. The zero-order chi connectivity index (χ0) is 13.5. The highest BCUT2D eigenvalue weighted by Crippen LogP contribution is 2.14. The van der Waals surface area contributed by atoms with Crippen molar-refractivity contribution in [3.05, 3.63) is 36.2 Å². The number of halogens is 1. The highest BCUT2D eigenvalue weighted by molar-refractivity contribution is 5.94. The van der Waals surface area contributed by atoms with Crippen LogP contribution in [0.5, 0.6) is 0 Å². The molecule has 0 saturated heterocycles. The van der Waals surface area contributed by atoms with E-state index < -0.39 is 0 Å². The van der Waals surface area contributed by atoms with Gasteiger partial charge < -0.3 is 15.2 Å². The van der Waals surface area contributed by atoms with Gasteiger partial charge in [0.25, 0.3) is 5.91 Å². The van der Waals surface area contributed by atoms with Gasteiger partial charge in [0, 0.05) is 24.2 Å². The molecule has 2 rings (SSSR count). The van der Waals surface area contributed by atoms with Gasteiger partial charge in [0.2, 0.25) is 12.2 Å². The summed E-state index contributed by atoms with van der Waals surface area (Å²) in [6, 6.07) is 7.08. The number of aromatic nitrogens is 2. The van der Waals surface area contributed by atoms with Gasteiger partial charge in [0.15, 0.2) is 0 Å². The Balaban J connectivity index is 0.00000200. The molecule has 20 heavy (non-hydrogen) atoms. The van der Waals surface area contributed by atoms with Crippen molar-refractivity contribution in [2.24, 2.45) is 0 Å². The van der Waals surface area contributed by atoms with E-state index >= 15 is 0 Å². The Hall–Kier alpha value is -1.92. The van der Waals surface area contributed by atoms with Crippen molar-refractivity contribution in [3.8, 4) is 11.4 Å². The second-order valence-corrected chi connectivity index (χ2v) is 3.94. The van der Waals surface area contributed by atoms with Crippen molar-refractivity contribution in [1.82, 2.24) is 20.8 Å². The molecule has 6 nitrogen and oxygen atoms in total. The highest BCUT2D eigenvalue weighted by atomic mass is 35.5. The third-order valence-electron chi connectivity index (χ3n) is 2.60. The summed E-state index contributed by atoms with van der Waals surface area (Å²) in [6.07, 6.45) is 1.27. The van der Waals surface area contributed by atoms with Gasteiger partial charge in [0.1, 0.15) is 0 Å². The van der Waals surface area contributed by atoms with Gasteiger partial charge in [-0.1, -0.05) is 24.2 Å². The summed E-state index contributed by atoms with van der Waals surface area (Å²) in [4.78, 5) is 15.8. The molecule has 7 heteroatoms. The van der Waals surface area contributed by atoms with Crippen molar-refractivity contribution in [1.29, 1.82) is 0 Å². The predicted octanol–water partition coefficient (Wildman–Crippen LogP) is 1.50. The number of hydrogen-bond donors (Lipinski definition) is 2. The van der Waals surface area contributed by atoms with E-state index in [1.54, 1.807) is 24.3 Å². The molecule has 2 N–H and O–H groups in total. The fourth-order valence-electron chi connectivity index (χ4n) is 1.61. The molecule has 108 valence electrons. The molecular formula is C13H17ClN4O2. The summed E-state index contributed by atoms with van der Waals surface area (Å²) in [5.74, 6) is 0.427. The first kappa shape index (κ1) is 16.1. The lowest BCUT2D eigenvalue weighted by Gasteiger charge is -2.05. The van der Waals surface area contributed by atoms with Crippen LogP contribution in [0.15, 0.2) is 35.2 Å². The van der Waals surface area contributed by atoms with E-state index in [1.807, 2.05) is 6.92 Å². The molecule has 0 saturated carbocycles. The third kappa shape index (κ3) is 4.32. The zero-order valence-electron chi connectivity index (χ0n) is 11.1. The highest BCUT2D eigenvalue weighted by Gasteiger charge is 2.07. The molecule has 1 aromatic carbocycles. The van der Waals surface area contributed by atoms with E-state index in [9.17, 15) is 4.79 Å². The van der Waals surface area contributed by atoms with Gasteiger partial charge in [-0.25, -0.2) is 0 Å². The SMILES string of the molecule is CCNCCNC(=O)c1ccc(-c2ncon2)cc1.Cl. The maximum Gasteiger partial charge on any atom is 0.251 e. The molecule has 0 bridgehead atoms. The number of nitrogens with zero attached hydrogens (tertiary/aromatic N) is 2. The smallest absolute Gasteiger partial charge is 0.251 e. The first-order valence-corrected chi connectivity index (χ1v) is 6.17. The second kappa shape index (κ2) is 8.29. The van der Waals surface area contributed by atoms with Crippen LogP contribution in [-0.4, -0.2) is 35.7 Å². The lowest BCUT2D eigenvalue weighted by Crippen LogP contribution is -2.31. The number of nitrogens with one attached hydrogen (secondary N) is 2. The van der Waals surface area contributed by atoms with Crippen molar-refractivity contribution in [3.63, 3.8) is 0 Å². The van der Waals surface area contributed by atoms with E-state index in [2.05, 4.69) is 25.3 Å². The zero-order valence-corrected chi connectivity index (χ0v) is 11.9. The molecule has 1 heterocycles. The van der Waals surface area contributed by atoms with Gasteiger partial charge in [-0.3, -0.25) is 4.79 Å². The Morgan fingerprint density at radius 2 is 2.00 bits per heavy atom. The molecule has 1 aromatic heterocycles. The minimum absolute atomic E-state index is 0. The monoisotopic (exact) mass is 296 g/mol. The van der Waals surface area contributed by atoms with Crippen LogP contribution in [0.25, 0.3) is 11.4 Å². The molecule has 2 aromatic rings. The van der Waals surface area contributed by atoms with Crippen LogP contribution in [-0.2, 0) is 0 Å². The molecular weight excluding hydrogens is 280 g/mol. The fraction of sp³-hybridized carbons (Fsp3) is 0.308. The van der Waals surface area contributed by atoms with E-state index in [0.29, 0.717) is 17.9 Å². The Morgan fingerprint density at radius 1 is 1.25 bits per heavy atom.